The zero-order valence-corrected chi connectivity index (χ0v) is 4.77. The lowest BCUT2D eigenvalue weighted by Gasteiger charge is -1.74. The van der Waals surface area contributed by atoms with Crippen LogP contribution in [0.25, 0.3) is 0 Å². The van der Waals surface area contributed by atoms with E-state index in [1.807, 2.05) is 12.1 Å². The van der Waals surface area contributed by atoms with Crippen molar-refractivity contribution >= 4 is 11.6 Å². The topological polar surface area (TPSA) is 12.5 Å². The van der Waals surface area contributed by atoms with Gasteiger partial charge in [0.2, 0.25) is 0 Å². The van der Waals surface area contributed by atoms with Crippen LogP contribution in [0.3, 0.4) is 0 Å². The van der Waals surface area contributed by atoms with Crippen molar-refractivity contribution in [2.75, 3.05) is 0 Å². The summed E-state index contributed by atoms with van der Waals surface area (Å²) in [6, 6.07) is 5.47. The number of fused-ring (bicyclic) bond motifs is 1. The van der Waals surface area contributed by atoms with E-state index >= 15 is 0 Å². The van der Waals surface area contributed by atoms with Crippen molar-refractivity contribution in [1.82, 2.24) is 0 Å². The van der Waals surface area contributed by atoms with Crippen LogP contribution in [0.15, 0.2) is 18.2 Å². The van der Waals surface area contributed by atoms with E-state index in [1.54, 1.807) is 6.07 Å². The first-order valence-electron chi connectivity index (χ1n) is 2.34. The number of benzene rings is 1. The van der Waals surface area contributed by atoms with E-state index in [4.69, 9.17) is 16.3 Å². The number of halogens is 1. The van der Waals surface area contributed by atoms with Gasteiger partial charge in [-0.05, 0) is 12.1 Å². The summed E-state index contributed by atoms with van der Waals surface area (Å²) in [5.41, 5.74) is 0. The van der Waals surface area contributed by atoms with Gasteiger partial charge in [0.25, 0.3) is 0 Å². The lowest BCUT2D eigenvalue weighted by Crippen LogP contribution is -1.48. The van der Waals surface area contributed by atoms with Gasteiger partial charge in [-0.25, -0.2) is 0 Å². The molecule has 0 atom stereocenters. The smallest absolute Gasteiger partial charge is 0.171 e. The van der Waals surface area contributed by atoms with Crippen LogP contribution < -0.4 is 4.74 Å². The highest BCUT2D eigenvalue weighted by atomic mass is 35.5. The number of hydrogen-bond donors (Lipinski definition) is 0. The van der Waals surface area contributed by atoms with Gasteiger partial charge in [-0.1, -0.05) is 11.6 Å². The van der Waals surface area contributed by atoms with Gasteiger partial charge in [-0.15, -0.1) is 0 Å². The Bertz CT molecular complexity index is 231. The molecule has 0 radical (unpaired) electrons. The summed E-state index contributed by atoms with van der Waals surface area (Å²) >= 11 is 5.60. The second kappa shape index (κ2) is 1.17. The van der Waals surface area contributed by atoms with Crippen LogP contribution in [0.1, 0.15) is 0 Å². The molecular weight excluding hydrogens is 124 g/mol. The molecule has 0 bridgehead atoms. The molecule has 0 unspecified atom stereocenters. The van der Waals surface area contributed by atoms with E-state index in [0.717, 1.165) is 16.5 Å². The monoisotopic (exact) mass is 126 g/mol. The van der Waals surface area contributed by atoms with Crippen LogP contribution in [-0.4, -0.2) is 0 Å². The van der Waals surface area contributed by atoms with Crippen molar-refractivity contribution in [2.24, 2.45) is 0 Å². The lowest BCUT2D eigenvalue weighted by molar-refractivity contribution is 0.650. The molecule has 0 spiro atoms. The second-order valence-electron chi connectivity index (χ2n) is 1.69. The van der Waals surface area contributed by atoms with E-state index in [9.17, 15) is 0 Å². The second-order valence-corrected chi connectivity index (χ2v) is 2.13. The Kier molecular flexibility index (Phi) is 0.619. The van der Waals surface area contributed by atoms with Crippen molar-refractivity contribution in [3.63, 3.8) is 0 Å². The van der Waals surface area contributed by atoms with Crippen LogP contribution in [0, 0.1) is 0 Å². The van der Waals surface area contributed by atoms with Crippen LogP contribution >= 0.6 is 11.6 Å². The molecule has 1 aromatic carbocycles. The summed E-state index contributed by atoms with van der Waals surface area (Å²) in [4.78, 5) is 0. The fourth-order valence-corrected chi connectivity index (χ4v) is 0.800. The summed E-state index contributed by atoms with van der Waals surface area (Å²) in [5.74, 6) is 1.87. The van der Waals surface area contributed by atoms with E-state index in [-0.39, 0.29) is 0 Å². The Balaban J connectivity index is 2.64. The molecule has 2 rings (SSSR count). The highest BCUT2D eigenvalue weighted by molar-refractivity contribution is 6.30. The fraction of sp³-hybridized carbons (Fsp3) is 0. The lowest BCUT2D eigenvalue weighted by atomic mass is 10.4. The molecule has 1 aliphatic rings. The molecule has 1 aliphatic heterocycles. The van der Waals surface area contributed by atoms with Crippen molar-refractivity contribution in [3.05, 3.63) is 23.2 Å². The molecule has 1 aromatic rings. The van der Waals surface area contributed by atoms with E-state index in [0.29, 0.717) is 0 Å². The predicted octanol–water partition coefficient (Wildman–Crippen LogP) is 2.45. The van der Waals surface area contributed by atoms with E-state index in [2.05, 4.69) is 0 Å². The Morgan fingerprint density at radius 2 is 2.12 bits per heavy atom. The summed E-state index contributed by atoms with van der Waals surface area (Å²) in [6.45, 7) is 0. The van der Waals surface area contributed by atoms with Gasteiger partial charge in [0.05, 0.1) is 0 Å². The number of rotatable bonds is 0. The minimum atomic E-state index is 0.737. The third-order valence-electron chi connectivity index (χ3n) is 1.08. The predicted molar refractivity (Wildman–Crippen MR) is 31.5 cm³/mol. The van der Waals surface area contributed by atoms with E-state index in [1.165, 1.54) is 0 Å². The first kappa shape index (κ1) is 4.21. The van der Waals surface area contributed by atoms with Crippen LogP contribution in [0.5, 0.6) is 11.5 Å². The highest BCUT2D eigenvalue weighted by Gasteiger charge is 2.18. The zero-order chi connectivity index (χ0) is 5.56. The third kappa shape index (κ3) is 0.482. The fourth-order valence-electron chi connectivity index (χ4n) is 0.638. The number of ether oxygens (including phenoxy) is 1. The average molecular weight is 127 g/mol. The maximum absolute atomic E-state index is 5.60. The first-order valence-corrected chi connectivity index (χ1v) is 2.71. The van der Waals surface area contributed by atoms with Crippen molar-refractivity contribution in [1.29, 1.82) is 0 Å². The molecule has 40 valence electrons. The van der Waals surface area contributed by atoms with Gasteiger partial charge in [-0.3, -0.25) is 0 Å². The zero-order valence-electron chi connectivity index (χ0n) is 4.02. The summed E-state index contributed by atoms with van der Waals surface area (Å²) < 4.78 is 4.93. The van der Waals surface area contributed by atoms with Gasteiger partial charge in [-0.2, -0.15) is 0 Å². The largest absolute Gasteiger partial charge is 0.449 e. The van der Waals surface area contributed by atoms with Crippen LogP contribution in [0.4, 0.5) is 0 Å². The molecule has 0 N–H and O–H groups in total. The molecule has 0 aromatic heterocycles. The van der Waals surface area contributed by atoms with Crippen molar-refractivity contribution < 1.29 is 4.74 Å². The Hall–Kier alpha value is -0.690. The van der Waals surface area contributed by atoms with Crippen LogP contribution in [-0.2, 0) is 0 Å². The highest BCUT2D eigenvalue weighted by Crippen LogP contribution is 2.45. The molecule has 2 heteroatoms. The maximum Gasteiger partial charge on any atom is 0.171 e. The molecule has 1 heterocycles. The Morgan fingerprint density at radius 1 is 1.25 bits per heavy atom. The summed E-state index contributed by atoms with van der Waals surface area (Å²) in [6.07, 6.45) is 0. The van der Waals surface area contributed by atoms with E-state index < -0.39 is 0 Å². The molecule has 8 heavy (non-hydrogen) atoms. The SMILES string of the molecule is Clc1ccc2c(c1)O2. The Labute approximate surface area is 51.8 Å². The molecule has 0 fully saturated rings. The third-order valence-corrected chi connectivity index (χ3v) is 1.32. The van der Waals surface area contributed by atoms with Gasteiger partial charge in [0, 0.05) is 11.1 Å². The van der Waals surface area contributed by atoms with Crippen LogP contribution in [0.2, 0.25) is 5.02 Å². The molecule has 0 aliphatic carbocycles. The summed E-state index contributed by atoms with van der Waals surface area (Å²) in [7, 11) is 0. The maximum atomic E-state index is 5.60. The van der Waals surface area contributed by atoms with Gasteiger partial charge in [0.15, 0.2) is 11.5 Å². The molecule has 0 saturated carbocycles. The van der Waals surface area contributed by atoms with Gasteiger partial charge >= 0.3 is 0 Å². The molecule has 0 saturated heterocycles. The van der Waals surface area contributed by atoms with Crippen molar-refractivity contribution in [3.8, 4) is 11.5 Å². The quantitative estimate of drug-likeness (QED) is 0.494. The van der Waals surface area contributed by atoms with Crippen molar-refractivity contribution in [2.45, 2.75) is 0 Å². The molecule has 1 nitrogen and oxygen atoms in total. The minimum absolute atomic E-state index is 0.737. The van der Waals surface area contributed by atoms with Gasteiger partial charge < -0.3 is 4.74 Å². The first-order chi connectivity index (χ1) is 3.86. The molecular formula is C6H3ClO. The van der Waals surface area contributed by atoms with Gasteiger partial charge in [0.1, 0.15) is 0 Å². The Morgan fingerprint density at radius 3 is 2.75 bits per heavy atom. The summed E-state index contributed by atoms with van der Waals surface area (Å²) in [5, 5.41) is 0.737. The normalized spacial score (nSPS) is 12.1. The molecule has 0 amide bonds. The number of hydrogen-bond acceptors (Lipinski definition) is 1. The minimum Gasteiger partial charge on any atom is -0.449 e. The average Bonchev–Trinajstić information content (AvgIpc) is 2.43. The standard InChI is InChI=1S/C6H3ClO/c7-4-1-2-5-6(3-4)8-5/h1-3H.